The number of nitro groups is 1. The maximum absolute atomic E-state index is 12.5. The second-order valence-electron chi connectivity index (χ2n) is 7.69. The van der Waals surface area contributed by atoms with Crippen LogP contribution in [0, 0.1) is 16.0 Å². The third kappa shape index (κ3) is 5.67. The quantitative estimate of drug-likeness (QED) is 0.500. The number of nitrogens with zero attached hydrogens (tertiary/aromatic N) is 3. The Morgan fingerprint density at radius 3 is 2.38 bits per heavy atom. The minimum Gasteiger partial charge on any atom is -0.484 e. The molecule has 0 bridgehead atoms. The zero-order valence-corrected chi connectivity index (χ0v) is 18.7. The third-order valence-electron chi connectivity index (χ3n) is 5.08. The Balaban J connectivity index is 1.62. The summed E-state index contributed by atoms with van der Waals surface area (Å²) in [5.41, 5.74) is 1.20. The standard InChI is InChI=1S/C22H25ClN4O5/c1-15(2)22(29)26-12-10-25(11-13-26)21-18(23)4-3-5-19(21)24-20(28)14-32-17-8-6-16(7-9-17)27(30)31/h3-9,15H,10-14H2,1-2H3,(H,24,28). The first-order valence-corrected chi connectivity index (χ1v) is 10.6. The molecule has 0 unspecified atom stereocenters. The number of benzene rings is 2. The zero-order chi connectivity index (χ0) is 23.3. The molecule has 1 saturated heterocycles. The van der Waals surface area contributed by atoms with Gasteiger partial charge < -0.3 is 19.9 Å². The lowest BCUT2D eigenvalue weighted by Crippen LogP contribution is -2.50. The van der Waals surface area contributed by atoms with Crippen molar-refractivity contribution in [2.45, 2.75) is 13.8 Å². The van der Waals surface area contributed by atoms with Crippen LogP contribution in [0.1, 0.15) is 13.8 Å². The third-order valence-corrected chi connectivity index (χ3v) is 5.38. The highest BCUT2D eigenvalue weighted by Crippen LogP contribution is 2.34. The summed E-state index contributed by atoms with van der Waals surface area (Å²) in [7, 11) is 0. The summed E-state index contributed by atoms with van der Waals surface area (Å²) in [6.45, 7) is 5.87. The van der Waals surface area contributed by atoms with Crippen LogP contribution in [0.5, 0.6) is 5.75 Å². The number of halogens is 1. The number of para-hydroxylation sites is 1. The largest absolute Gasteiger partial charge is 0.484 e. The number of nitrogens with one attached hydrogen (secondary N) is 1. The lowest BCUT2D eigenvalue weighted by Gasteiger charge is -2.38. The highest BCUT2D eigenvalue weighted by Gasteiger charge is 2.25. The van der Waals surface area contributed by atoms with Gasteiger partial charge in [-0.1, -0.05) is 31.5 Å². The average molecular weight is 461 g/mol. The smallest absolute Gasteiger partial charge is 0.269 e. The second kappa shape index (κ2) is 10.3. The van der Waals surface area contributed by atoms with Gasteiger partial charge in [0.25, 0.3) is 11.6 Å². The summed E-state index contributed by atoms with van der Waals surface area (Å²) < 4.78 is 5.43. The highest BCUT2D eigenvalue weighted by molar-refractivity contribution is 6.34. The fourth-order valence-corrected chi connectivity index (χ4v) is 3.75. The van der Waals surface area contributed by atoms with Gasteiger partial charge in [-0.15, -0.1) is 0 Å². The molecular weight excluding hydrogens is 436 g/mol. The summed E-state index contributed by atoms with van der Waals surface area (Å²) in [5.74, 6) is 0.0386. The van der Waals surface area contributed by atoms with E-state index in [-0.39, 0.29) is 30.0 Å². The molecule has 0 saturated carbocycles. The Kier molecular flexibility index (Phi) is 7.53. The van der Waals surface area contributed by atoms with Gasteiger partial charge in [-0.3, -0.25) is 19.7 Å². The van der Waals surface area contributed by atoms with Crippen molar-refractivity contribution in [3.05, 3.63) is 57.6 Å². The molecule has 3 rings (SSSR count). The SMILES string of the molecule is CC(C)C(=O)N1CCN(c2c(Cl)cccc2NC(=O)COc2ccc([N+](=O)[O-])cc2)CC1. The number of non-ortho nitro benzene ring substituents is 1. The predicted octanol–water partition coefficient (Wildman–Crippen LogP) is 3.57. The average Bonchev–Trinajstić information content (AvgIpc) is 2.78. The molecule has 1 aliphatic heterocycles. The van der Waals surface area contributed by atoms with Crippen LogP contribution in [0.4, 0.5) is 17.1 Å². The molecule has 0 aliphatic carbocycles. The van der Waals surface area contributed by atoms with Crippen molar-refractivity contribution in [3.63, 3.8) is 0 Å². The normalized spacial score (nSPS) is 13.8. The molecule has 1 heterocycles. The van der Waals surface area contributed by atoms with Gasteiger partial charge in [-0.05, 0) is 24.3 Å². The van der Waals surface area contributed by atoms with E-state index in [1.807, 2.05) is 18.7 Å². The van der Waals surface area contributed by atoms with E-state index in [9.17, 15) is 19.7 Å². The predicted molar refractivity (Wildman–Crippen MR) is 122 cm³/mol. The van der Waals surface area contributed by atoms with E-state index in [4.69, 9.17) is 16.3 Å². The van der Waals surface area contributed by atoms with Crippen molar-refractivity contribution in [1.82, 2.24) is 4.90 Å². The van der Waals surface area contributed by atoms with E-state index in [1.54, 1.807) is 18.2 Å². The van der Waals surface area contributed by atoms with Crippen LogP contribution in [-0.4, -0.2) is 54.4 Å². The van der Waals surface area contributed by atoms with Gasteiger partial charge in [0.1, 0.15) is 5.75 Å². The Bertz CT molecular complexity index is 988. The van der Waals surface area contributed by atoms with E-state index in [1.165, 1.54) is 24.3 Å². The molecule has 2 aromatic rings. The van der Waals surface area contributed by atoms with Gasteiger partial charge in [0.05, 0.1) is 21.3 Å². The van der Waals surface area contributed by atoms with Crippen molar-refractivity contribution in [2.24, 2.45) is 5.92 Å². The van der Waals surface area contributed by atoms with Crippen LogP contribution in [0.15, 0.2) is 42.5 Å². The molecule has 1 N–H and O–H groups in total. The van der Waals surface area contributed by atoms with Gasteiger partial charge in [0.15, 0.2) is 6.61 Å². The molecule has 9 nitrogen and oxygen atoms in total. The maximum Gasteiger partial charge on any atom is 0.269 e. The zero-order valence-electron chi connectivity index (χ0n) is 17.9. The van der Waals surface area contributed by atoms with E-state index in [2.05, 4.69) is 10.2 Å². The number of anilines is 2. The highest BCUT2D eigenvalue weighted by atomic mass is 35.5. The van der Waals surface area contributed by atoms with E-state index < -0.39 is 4.92 Å². The number of hydrogen-bond acceptors (Lipinski definition) is 6. The van der Waals surface area contributed by atoms with Gasteiger partial charge in [-0.2, -0.15) is 0 Å². The Morgan fingerprint density at radius 2 is 1.78 bits per heavy atom. The van der Waals surface area contributed by atoms with Crippen molar-refractivity contribution < 1.29 is 19.2 Å². The van der Waals surface area contributed by atoms with Crippen LogP contribution in [0.25, 0.3) is 0 Å². The van der Waals surface area contributed by atoms with Crippen molar-refractivity contribution in [3.8, 4) is 5.75 Å². The summed E-state index contributed by atoms with van der Waals surface area (Å²) in [4.78, 5) is 38.8. The molecule has 0 atom stereocenters. The van der Waals surface area contributed by atoms with Crippen molar-refractivity contribution in [1.29, 1.82) is 0 Å². The number of rotatable bonds is 7. The minimum absolute atomic E-state index is 0.0486. The summed E-state index contributed by atoms with van der Waals surface area (Å²) in [6, 6.07) is 10.8. The number of hydrogen-bond donors (Lipinski definition) is 1. The van der Waals surface area contributed by atoms with Crippen LogP contribution >= 0.6 is 11.6 Å². The lowest BCUT2D eigenvalue weighted by molar-refractivity contribution is -0.384. The molecule has 1 fully saturated rings. The van der Waals surface area contributed by atoms with Crippen LogP contribution in [-0.2, 0) is 9.59 Å². The topological polar surface area (TPSA) is 105 Å². The maximum atomic E-state index is 12.5. The minimum atomic E-state index is -0.504. The van der Waals surface area contributed by atoms with Gasteiger partial charge in [0.2, 0.25) is 5.91 Å². The molecule has 0 spiro atoms. The molecule has 170 valence electrons. The monoisotopic (exact) mass is 460 g/mol. The molecule has 2 amide bonds. The van der Waals surface area contributed by atoms with Crippen molar-refractivity contribution in [2.75, 3.05) is 43.0 Å². The van der Waals surface area contributed by atoms with Crippen LogP contribution in [0.3, 0.4) is 0 Å². The summed E-state index contributed by atoms with van der Waals surface area (Å²) >= 11 is 6.45. The molecule has 2 aromatic carbocycles. The first-order chi connectivity index (χ1) is 15.3. The fourth-order valence-electron chi connectivity index (χ4n) is 3.45. The number of piperazine rings is 1. The van der Waals surface area contributed by atoms with E-state index in [0.29, 0.717) is 48.3 Å². The van der Waals surface area contributed by atoms with Gasteiger partial charge in [-0.25, -0.2) is 0 Å². The molecular formula is C22H25ClN4O5. The fraction of sp³-hybridized carbons (Fsp3) is 0.364. The van der Waals surface area contributed by atoms with Crippen LogP contribution in [0.2, 0.25) is 5.02 Å². The Morgan fingerprint density at radius 1 is 1.12 bits per heavy atom. The number of amides is 2. The number of ether oxygens (including phenoxy) is 1. The number of carbonyl (C=O) groups is 2. The molecule has 0 aromatic heterocycles. The van der Waals surface area contributed by atoms with E-state index in [0.717, 1.165) is 0 Å². The second-order valence-corrected chi connectivity index (χ2v) is 8.10. The van der Waals surface area contributed by atoms with Gasteiger partial charge in [0, 0.05) is 44.2 Å². The Labute approximate surface area is 191 Å². The molecule has 32 heavy (non-hydrogen) atoms. The Hall–Kier alpha value is -3.33. The summed E-state index contributed by atoms with van der Waals surface area (Å²) in [6.07, 6.45) is 0. The van der Waals surface area contributed by atoms with E-state index >= 15 is 0 Å². The summed E-state index contributed by atoms with van der Waals surface area (Å²) in [5, 5.41) is 14.0. The molecule has 0 radical (unpaired) electrons. The number of carbonyl (C=O) groups excluding carboxylic acids is 2. The molecule has 10 heteroatoms. The number of nitro benzene ring substituents is 1. The van der Waals surface area contributed by atoms with Crippen molar-refractivity contribution >= 4 is 40.5 Å². The first kappa shape index (κ1) is 23.3. The molecule has 1 aliphatic rings. The first-order valence-electron chi connectivity index (χ1n) is 10.3. The van der Waals surface area contributed by atoms with Gasteiger partial charge >= 0.3 is 0 Å². The van der Waals surface area contributed by atoms with Crippen LogP contribution < -0.4 is 15.0 Å². The lowest BCUT2D eigenvalue weighted by atomic mass is 10.1.